The molecule has 0 aliphatic carbocycles. The van der Waals surface area contributed by atoms with Crippen LogP contribution < -0.4 is 10.7 Å². The average molecular weight is 383 g/mol. The third kappa shape index (κ3) is 4.50. The van der Waals surface area contributed by atoms with Crippen LogP contribution in [0, 0.1) is 11.8 Å². The summed E-state index contributed by atoms with van der Waals surface area (Å²) in [5.41, 5.74) is 0.869. The van der Waals surface area contributed by atoms with Crippen molar-refractivity contribution < 1.29 is 9.90 Å². The second-order valence-electron chi connectivity index (χ2n) is 5.58. The number of rotatable bonds is 4. The van der Waals surface area contributed by atoms with Crippen LogP contribution in [0.25, 0.3) is 11.0 Å². The van der Waals surface area contributed by atoms with Gasteiger partial charge in [0.1, 0.15) is 23.5 Å². The van der Waals surface area contributed by atoms with Gasteiger partial charge in [0.2, 0.25) is 5.43 Å². The molecule has 3 rings (SSSR count). The van der Waals surface area contributed by atoms with Gasteiger partial charge in [0, 0.05) is 17.8 Å². The van der Waals surface area contributed by atoms with Gasteiger partial charge in [-0.15, -0.1) is 0 Å². The highest BCUT2D eigenvalue weighted by atomic mass is 35.5. The molecule has 0 radical (unpaired) electrons. The van der Waals surface area contributed by atoms with E-state index in [1.807, 2.05) is 0 Å². The minimum absolute atomic E-state index is 0.0393. The number of fused-ring (bicyclic) bond motifs is 1. The van der Waals surface area contributed by atoms with Crippen molar-refractivity contribution in [3.05, 3.63) is 68.9 Å². The van der Waals surface area contributed by atoms with Gasteiger partial charge in [0.15, 0.2) is 0 Å². The summed E-state index contributed by atoms with van der Waals surface area (Å²) in [6, 6.07) is 7.04. The van der Waals surface area contributed by atoms with Crippen molar-refractivity contribution in [2.24, 2.45) is 0 Å². The van der Waals surface area contributed by atoms with E-state index in [9.17, 15) is 9.59 Å². The summed E-state index contributed by atoms with van der Waals surface area (Å²) in [6.07, 6.45) is 3.01. The van der Waals surface area contributed by atoms with Gasteiger partial charge in [0.25, 0.3) is 5.91 Å². The van der Waals surface area contributed by atoms with Crippen molar-refractivity contribution in [2.45, 2.75) is 13.0 Å². The molecule has 7 nitrogen and oxygen atoms in total. The van der Waals surface area contributed by atoms with Gasteiger partial charge in [-0.1, -0.05) is 35.6 Å². The lowest BCUT2D eigenvalue weighted by Gasteiger charge is -2.06. The van der Waals surface area contributed by atoms with Crippen LogP contribution in [0.5, 0.6) is 0 Å². The summed E-state index contributed by atoms with van der Waals surface area (Å²) in [7, 11) is 0. The Morgan fingerprint density at radius 1 is 1.26 bits per heavy atom. The number of amides is 1. The molecule has 3 N–H and O–H groups in total. The first-order valence-corrected chi connectivity index (χ1v) is 8.43. The maximum atomic E-state index is 12.6. The summed E-state index contributed by atoms with van der Waals surface area (Å²) in [4.78, 5) is 36.2. The van der Waals surface area contributed by atoms with E-state index in [1.54, 1.807) is 24.3 Å². The maximum Gasteiger partial charge on any atom is 0.257 e. The zero-order valence-electron chi connectivity index (χ0n) is 14.1. The first-order chi connectivity index (χ1) is 13.1. The highest BCUT2D eigenvalue weighted by molar-refractivity contribution is 6.30. The molecular formula is C19H15ClN4O3. The van der Waals surface area contributed by atoms with Crippen molar-refractivity contribution in [1.82, 2.24) is 20.3 Å². The number of carbonyl (C=O) groups is 1. The number of H-pyrrole nitrogens is 1. The molecule has 2 aromatic heterocycles. The lowest BCUT2D eigenvalue weighted by atomic mass is 10.2. The van der Waals surface area contributed by atoms with Crippen molar-refractivity contribution in [1.29, 1.82) is 0 Å². The molecular weight excluding hydrogens is 368 g/mol. The van der Waals surface area contributed by atoms with Gasteiger partial charge < -0.3 is 15.4 Å². The van der Waals surface area contributed by atoms with Crippen LogP contribution in [-0.2, 0) is 13.0 Å². The number of aliphatic hydroxyl groups is 1. The largest absolute Gasteiger partial charge is 0.384 e. The Kier molecular flexibility index (Phi) is 5.81. The van der Waals surface area contributed by atoms with Crippen molar-refractivity contribution in [3.8, 4) is 11.8 Å². The van der Waals surface area contributed by atoms with E-state index in [1.165, 1.54) is 12.4 Å². The number of pyridine rings is 1. The first-order valence-electron chi connectivity index (χ1n) is 8.05. The Bertz CT molecular complexity index is 1100. The molecule has 8 heteroatoms. The minimum atomic E-state index is -0.506. The molecule has 0 spiro atoms. The Morgan fingerprint density at radius 2 is 2.04 bits per heavy atom. The van der Waals surface area contributed by atoms with Gasteiger partial charge >= 0.3 is 0 Å². The Balaban J connectivity index is 1.82. The number of aromatic nitrogens is 3. The maximum absolute atomic E-state index is 12.6. The zero-order chi connectivity index (χ0) is 19.2. The number of hydrogen-bond acceptors (Lipinski definition) is 5. The van der Waals surface area contributed by atoms with E-state index in [2.05, 4.69) is 32.1 Å². The van der Waals surface area contributed by atoms with Gasteiger partial charge in [-0.3, -0.25) is 9.59 Å². The molecule has 0 unspecified atom stereocenters. The summed E-state index contributed by atoms with van der Waals surface area (Å²) in [5, 5.41) is 12.0. The van der Waals surface area contributed by atoms with Crippen LogP contribution in [0.4, 0.5) is 0 Å². The molecule has 0 saturated carbocycles. The Labute approximate surface area is 159 Å². The SMILES string of the molecule is O=C(NCc1ccc(Cl)cc1)c1c[nH]c2cnc(CC#CCO)nc2c1=O. The fraction of sp³-hybridized carbons (Fsp3) is 0.158. The number of nitrogens with one attached hydrogen (secondary N) is 2. The molecule has 0 bridgehead atoms. The second-order valence-corrected chi connectivity index (χ2v) is 6.01. The van der Waals surface area contributed by atoms with Crippen LogP contribution in [-0.4, -0.2) is 32.6 Å². The number of aliphatic hydroxyl groups excluding tert-OH is 1. The van der Waals surface area contributed by atoms with E-state index in [-0.39, 0.29) is 30.7 Å². The molecule has 1 aromatic carbocycles. The van der Waals surface area contributed by atoms with Crippen LogP contribution in [0.15, 0.2) is 41.5 Å². The van der Waals surface area contributed by atoms with E-state index in [0.717, 1.165) is 5.56 Å². The number of halogens is 1. The van der Waals surface area contributed by atoms with Gasteiger partial charge in [-0.2, -0.15) is 0 Å². The standard InChI is InChI=1S/C19H15ClN4O3/c20-13-6-4-12(5-7-13)9-23-19(27)14-10-21-15-11-22-16(3-1-2-8-25)24-17(15)18(14)26/h4-7,10-11,25H,3,8-9H2,(H,21,26)(H,23,27). The highest BCUT2D eigenvalue weighted by Crippen LogP contribution is 2.10. The molecule has 0 atom stereocenters. The van der Waals surface area contributed by atoms with Crippen molar-refractivity contribution >= 4 is 28.5 Å². The molecule has 2 heterocycles. The summed E-state index contributed by atoms with van der Waals surface area (Å²) in [6.45, 7) is 0.00531. The lowest BCUT2D eigenvalue weighted by Crippen LogP contribution is -2.29. The summed E-state index contributed by atoms with van der Waals surface area (Å²) in [5.74, 6) is 5.02. The monoisotopic (exact) mass is 382 g/mol. The average Bonchev–Trinajstić information content (AvgIpc) is 2.68. The third-order valence-corrected chi connectivity index (χ3v) is 3.98. The molecule has 27 heavy (non-hydrogen) atoms. The number of carbonyl (C=O) groups excluding carboxylic acids is 1. The van der Waals surface area contributed by atoms with E-state index >= 15 is 0 Å². The normalized spacial score (nSPS) is 10.3. The topological polar surface area (TPSA) is 108 Å². The molecule has 1 amide bonds. The fourth-order valence-corrected chi connectivity index (χ4v) is 2.50. The quantitative estimate of drug-likeness (QED) is 0.592. The van der Waals surface area contributed by atoms with E-state index in [4.69, 9.17) is 16.7 Å². The van der Waals surface area contributed by atoms with Crippen LogP contribution in [0.2, 0.25) is 5.02 Å². The smallest absolute Gasteiger partial charge is 0.257 e. The molecule has 3 aromatic rings. The fourth-order valence-electron chi connectivity index (χ4n) is 2.37. The zero-order valence-corrected chi connectivity index (χ0v) is 14.9. The van der Waals surface area contributed by atoms with Gasteiger partial charge in [-0.25, -0.2) is 9.97 Å². The van der Waals surface area contributed by atoms with Gasteiger partial charge in [-0.05, 0) is 17.7 Å². The molecule has 0 aliphatic heterocycles. The van der Waals surface area contributed by atoms with Crippen LogP contribution in [0.1, 0.15) is 21.7 Å². The van der Waals surface area contributed by atoms with E-state index in [0.29, 0.717) is 16.4 Å². The number of benzene rings is 1. The predicted molar refractivity (Wildman–Crippen MR) is 101 cm³/mol. The second kappa shape index (κ2) is 8.45. The molecule has 0 saturated heterocycles. The summed E-state index contributed by atoms with van der Waals surface area (Å²) < 4.78 is 0. The molecule has 136 valence electrons. The summed E-state index contributed by atoms with van der Waals surface area (Å²) >= 11 is 5.83. The van der Waals surface area contributed by atoms with Crippen molar-refractivity contribution in [3.63, 3.8) is 0 Å². The number of hydrogen-bond donors (Lipinski definition) is 3. The third-order valence-electron chi connectivity index (χ3n) is 3.73. The Hall–Kier alpha value is -3.21. The number of aromatic amines is 1. The number of nitrogens with zero attached hydrogens (tertiary/aromatic N) is 2. The predicted octanol–water partition coefficient (Wildman–Crippen LogP) is 1.44. The van der Waals surface area contributed by atoms with Crippen molar-refractivity contribution in [2.75, 3.05) is 6.61 Å². The van der Waals surface area contributed by atoms with Crippen LogP contribution >= 0.6 is 11.6 Å². The first kappa shape index (κ1) is 18.6. The lowest BCUT2D eigenvalue weighted by molar-refractivity contribution is 0.0949. The Morgan fingerprint density at radius 3 is 2.78 bits per heavy atom. The van der Waals surface area contributed by atoms with Gasteiger partial charge in [0.05, 0.1) is 18.1 Å². The van der Waals surface area contributed by atoms with E-state index < -0.39 is 11.3 Å². The highest BCUT2D eigenvalue weighted by Gasteiger charge is 2.14. The minimum Gasteiger partial charge on any atom is -0.384 e. The molecule has 0 fully saturated rings. The molecule has 0 aliphatic rings. The van der Waals surface area contributed by atoms with Crippen LogP contribution in [0.3, 0.4) is 0 Å².